The summed E-state index contributed by atoms with van der Waals surface area (Å²) in [4.78, 5) is 8.24. The molecule has 1 aromatic heterocycles. The van der Waals surface area contributed by atoms with Gasteiger partial charge in [0, 0.05) is 17.6 Å². The van der Waals surface area contributed by atoms with Crippen molar-refractivity contribution < 1.29 is 10.2 Å². The van der Waals surface area contributed by atoms with Crippen molar-refractivity contribution in [1.29, 1.82) is 0 Å². The predicted octanol–water partition coefficient (Wildman–Crippen LogP) is 0.367. The second-order valence-electron chi connectivity index (χ2n) is 4.51. The molecule has 0 aliphatic rings. The van der Waals surface area contributed by atoms with Gasteiger partial charge < -0.3 is 21.3 Å². The molecule has 1 heterocycles. The molecule has 2 aromatic rings. The Hall–Kier alpha value is -1.92. The number of nitrogens with one attached hydrogen (secondary N) is 1. The first kappa shape index (κ1) is 12.5. The minimum atomic E-state index is -1.19. The zero-order valence-electron chi connectivity index (χ0n) is 10.1. The monoisotopic (exact) mass is 248 g/mol. The summed E-state index contributed by atoms with van der Waals surface area (Å²) in [6.45, 7) is 1.41. The molecule has 0 radical (unpaired) electrons. The predicted molar refractivity (Wildman–Crippen MR) is 70.1 cm³/mol. The number of nitrogens with two attached hydrogens (primary N) is 1. The molecule has 0 bridgehead atoms. The van der Waals surface area contributed by atoms with E-state index in [2.05, 4.69) is 15.3 Å². The van der Waals surface area contributed by atoms with Crippen LogP contribution in [0.25, 0.3) is 10.9 Å². The molecular weight excluding hydrogens is 232 g/mol. The van der Waals surface area contributed by atoms with E-state index in [1.165, 1.54) is 6.33 Å². The fourth-order valence-electron chi connectivity index (χ4n) is 1.54. The molecule has 0 saturated carbocycles. The summed E-state index contributed by atoms with van der Waals surface area (Å²) in [6.07, 6.45) is 1.43. The van der Waals surface area contributed by atoms with E-state index in [1.54, 1.807) is 19.1 Å². The molecule has 5 N–H and O–H groups in total. The van der Waals surface area contributed by atoms with Crippen LogP contribution >= 0.6 is 0 Å². The van der Waals surface area contributed by atoms with Gasteiger partial charge >= 0.3 is 0 Å². The summed E-state index contributed by atoms with van der Waals surface area (Å²) in [5, 5.41) is 22.5. The minimum Gasteiger partial charge on any atom is -0.399 e. The van der Waals surface area contributed by atoms with Crippen LogP contribution in [0.1, 0.15) is 6.92 Å². The highest BCUT2D eigenvalue weighted by atomic mass is 16.3. The average Bonchev–Trinajstić information content (AvgIpc) is 2.36. The van der Waals surface area contributed by atoms with Gasteiger partial charge in [0.15, 0.2) is 0 Å². The largest absolute Gasteiger partial charge is 0.399 e. The fraction of sp³-hybridized carbons (Fsp3) is 0.333. The van der Waals surface area contributed by atoms with Gasteiger partial charge in [0.25, 0.3) is 0 Å². The van der Waals surface area contributed by atoms with Gasteiger partial charge in [0.05, 0.1) is 12.1 Å². The van der Waals surface area contributed by atoms with Crippen molar-refractivity contribution in [3.8, 4) is 0 Å². The van der Waals surface area contributed by atoms with Crippen LogP contribution in [0.3, 0.4) is 0 Å². The summed E-state index contributed by atoms with van der Waals surface area (Å²) in [5.74, 6) is 0.605. The zero-order chi connectivity index (χ0) is 13.2. The topological polar surface area (TPSA) is 104 Å². The molecular formula is C12H16N4O2. The number of nitrogens with zero attached hydrogens (tertiary/aromatic N) is 2. The van der Waals surface area contributed by atoms with Gasteiger partial charge in [0.1, 0.15) is 17.7 Å². The molecule has 1 unspecified atom stereocenters. The third-order valence-electron chi connectivity index (χ3n) is 2.64. The lowest BCUT2D eigenvalue weighted by atomic mass is 10.1. The van der Waals surface area contributed by atoms with E-state index < -0.39 is 5.60 Å². The summed E-state index contributed by atoms with van der Waals surface area (Å²) >= 11 is 0. The molecule has 0 aliphatic carbocycles. The number of anilines is 2. The standard InChI is InChI=1S/C12H16N4O2/c1-12(18,6-17)5-14-11-9-3-2-8(13)4-10(9)15-7-16-11/h2-4,7,17-18H,5-6,13H2,1H3,(H,14,15,16). The summed E-state index contributed by atoms with van der Waals surface area (Å²) in [5.41, 5.74) is 5.86. The number of hydrogen-bond acceptors (Lipinski definition) is 6. The van der Waals surface area contributed by atoms with Crippen LogP contribution in [-0.2, 0) is 0 Å². The van der Waals surface area contributed by atoms with Gasteiger partial charge in [-0.25, -0.2) is 9.97 Å². The Labute approximate surface area is 104 Å². The van der Waals surface area contributed by atoms with Crippen molar-refractivity contribution in [3.63, 3.8) is 0 Å². The van der Waals surface area contributed by atoms with Crippen LogP contribution in [-0.4, -0.2) is 38.9 Å². The van der Waals surface area contributed by atoms with Gasteiger partial charge in [0.2, 0.25) is 0 Å². The first-order chi connectivity index (χ1) is 8.52. The second-order valence-corrected chi connectivity index (χ2v) is 4.51. The summed E-state index contributed by atoms with van der Waals surface area (Å²) < 4.78 is 0. The Morgan fingerprint density at radius 2 is 2.17 bits per heavy atom. The molecule has 18 heavy (non-hydrogen) atoms. The number of benzene rings is 1. The lowest BCUT2D eigenvalue weighted by Crippen LogP contribution is -2.37. The Morgan fingerprint density at radius 3 is 2.89 bits per heavy atom. The Bertz CT molecular complexity index is 557. The van der Waals surface area contributed by atoms with Crippen LogP contribution < -0.4 is 11.1 Å². The smallest absolute Gasteiger partial charge is 0.137 e. The molecule has 0 fully saturated rings. The maximum Gasteiger partial charge on any atom is 0.137 e. The molecule has 0 amide bonds. The van der Waals surface area contributed by atoms with Gasteiger partial charge in [-0.15, -0.1) is 0 Å². The van der Waals surface area contributed by atoms with Crippen molar-refractivity contribution in [3.05, 3.63) is 24.5 Å². The van der Waals surface area contributed by atoms with Crippen molar-refractivity contribution in [1.82, 2.24) is 9.97 Å². The quantitative estimate of drug-likeness (QED) is 0.583. The van der Waals surface area contributed by atoms with E-state index in [0.717, 1.165) is 10.9 Å². The average molecular weight is 248 g/mol. The molecule has 6 nitrogen and oxygen atoms in total. The van der Waals surface area contributed by atoms with Crippen LogP contribution in [0.4, 0.5) is 11.5 Å². The third kappa shape index (κ3) is 2.66. The first-order valence-corrected chi connectivity index (χ1v) is 5.59. The third-order valence-corrected chi connectivity index (χ3v) is 2.64. The second kappa shape index (κ2) is 4.75. The number of aliphatic hydroxyl groups excluding tert-OH is 1. The van der Waals surface area contributed by atoms with E-state index in [9.17, 15) is 5.11 Å². The van der Waals surface area contributed by atoms with Gasteiger partial charge in [-0.1, -0.05) is 0 Å². The fourth-order valence-corrected chi connectivity index (χ4v) is 1.54. The summed E-state index contributed by atoms with van der Waals surface area (Å²) in [6, 6.07) is 5.34. The van der Waals surface area contributed by atoms with E-state index in [1.807, 2.05) is 6.07 Å². The maximum atomic E-state index is 9.72. The Morgan fingerprint density at radius 1 is 1.39 bits per heavy atom. The van der Waals surface area contributed by atoms with E-state index in [-0.39, 0.29) is 13.2 Å². The molecule has 0 saturated heterocycles. The van der Waals surface area contributed by atoms with Crippen LogP contribution in [0.15, 0.2) is 24.5 Å². The van der Waals surface area contributed by atoms with Gasteiger partial charge in [-0.3, -0.25) is 0 Å². The van der Waals surface area contributed by atoms with Crippen molar-refractivity contribution in [2.24, 2.45) is 0 Å². The minimum absolute atomic E-state index is 0.194. The van der Waals surface area contributed by atoms with Gasteiger partial charge in [-0.05, 0) is 25.1 Å². The molecule has 96 valence electrons. The lowest BCUT2D eigenvalue weighted by Gasteiger charge is -2.21. The Balaban J connectivity index is 2.29. The molecule has 1 aromatic carbocycles. The zero-order valence-corrected chi connectivity index (χ0v) is 10.1. The van der Waals surface area contributed by atoms with Crippen molar-refractivity contribution in [2.45, 2.75) is 12.5 Å². The lowest BCUT2D eigenvalue weighted by molar-refractivity contribution is 0.0132. The van der Waals surface area contributed by atoms with E-state index >= 15 is 0 Å². The van der Waals surface area contributed by atoms with Crippen LogP contribution in [0.5, 0.6) is 0 Å². The molecule has 2 rings (SSSR count). The van der Waals surface area contributed by atoms with Crippen LogP contribution in [0, 0.1) is 0 Å². The number of aliphatic hydroxyl groups is 2. The molecule has 1 atom stereocenters. The van der Waals surface area contributed by atoms with Crippen molar-refractivity contribution in [2.75, 3.05) is 24.2 Å². The highest BCUT2D eigenvalue weighted by Gasteiger charge is 2.19. The molecule has 0 spiro atoms. The highest BCUT2D eigenvalue weighted by molar-refractivity contribution is 5.90. The highest BCUT2D eigenvalue weighted by Crippen LogP contribution is 2.21. The number of rotatable bonds is 4. The number of aromatic nitrogens is 2. The van der Waals surface area contributed by atoms with Crippen molar-refractivity contribution >= 4 is 22.4 Å². The Kier molecular flexibility index (Phi) is 3.31. The normalized spacial score (nSPS) is 14.4. The first-order valence-electron chi connectivity index (χ1n) is 5.59. The number of nitrogen functional groups attached to an aromatic ring is 1. The van der Waals surface area contributed by atoms with E-state index in [4.69, 9.17) is 10.8 Å². The number of fused-ring (bicyclic) bond motifs is 1. The molecule has 6 heteroatoms. The SMILES string of the molecule is CC(O)(CO)CNc1ncnc2cc(N)ccc12. The van der Waals surface area contributed by atoms with Gasteiger partial charge in [-0.2, -0.15) is 0 Å². The van der Waals surface area contributed by atoms with Crippen LogP contribution in [0.2, 0.25) is 0 Å². The van der Waals surface area contributed by atoms with E-state index in [0.29, 0.717) is 11.5 Å². The maximum absolute atomic E-state index is 9.72. The molecule has 0 aliphatic heterocycles. The number of hydrogen-bond donors (Lipinski definition) is 4. The summed E-state index contributed by atoms with van der Waals surface area (Å²) in [7, 11) is 0.